The third-order valence-electron chi connectivity index (χ3n) is 5.85. The first-order chi connectivity index (χ1) is 18.1. The molecule has 0 unspecified atom stereocenters. The van der Waals surface area contributed by atoms with Gasteiger partial charge in [0.25, 0.3) is 0 Å². The topological polar surface area (TPSA) is 87.8 Å². The minimum atomic E-state index is -0.332. The number of urea groups is 1. The Morgan fingerprint density at radius 1 is 1.03 bits per heavy atom. The first-order valence-corrected chi connectivity index (χ1v) is 13.3. The second-order valence-electron chi connectivity index (χ2n) is 8.59. The first kappa shape index (κ1) is 25.3. The van der Waals surface area contributed by atoms with Crippen molar-refractivity contribution >= 4 is 55.7 Å². The van der Waals surface area contributed by atoms with E-state index in [2.05, 4.69) is 25.8 Å². The molecule has 2 amide bonds. The molecule has 5 rings (SSSR count). The smallest absolute Gasteiger partial charge is 0.323 e. The third kappa shape index (κ3) is 7.33. The molecule has 8 nitrogen and oxygen atoms in total. The predicted molar refractivity (Wildman–Crippen MR) is 150 cm³/mol. The number of carbonyl (C=O) groups is 1. The highest BCUT2D eigenvalue weighted by molar-refractivity contribution is 7.22. The van der Waals surface area contributed by atoms with Crippen molar-refractivity contribution in [1.29, 1.82) is 0 Å². The number of nitrogens with one attached hydrogen (secondary N) is 3. The van der Waals surface area contributed by atoms with Crippen molar-refractivity contribution in [2.24, 2.45) is 0 Å². The van der Waals surface area contributed by atoms with Crippen LogP contribution in [-0.4, -0.2) is 55.4 Å². The second kappa shape index (κ2) is 12.2. The SMILES string of the molecule is O=C(Nc1cccc(Cl)c1)Nc1cccc(CNc2nc3ccc(OCCN4CCOCC4)cc3s2)c1. The zero-order chi connectivity index (χ0) is 25.5. The number of morpholine rings is 1. The maximum absolute atomic E-state index is 12.4. The van der Waals surface area contributed by atoms with Gasteiger partial charge in [-0.05, 0) is 54.1 Å². The monoisotopic (exact) mass is 537 g/mol. The van der Waals surface area contributed by atoms with Gasteiger partial charge in [-0.25, -0.2) is 9.78 Å². The van der Waals surface area contributed by atoms with Gasteiger partial charge in [-0.15, -0.1) is 0 Å². The third-order valence-corrected chi connectivity index (χ3v) is 7.06. The predicted octanol–water partition coefficient (Wildman–Crippen LogP) is 5.92. The number of fused-ring (bicyclic) bond motifs is 1. The van der Waals surface area contributed by atoms with Crippen LogP contribution in [-0.2, 0) is 11.3 Å². The number of ether oxygens (including phenoxy) is 2. The molecule has 10 heteroatoms. The van der Waals surface area contributed by atoms with Gasteiger partial charge in [-0.2, -0.15) is 0 Å². The quantitative estimate of drug-likeness (QED) is 0.246. The summed E-state index contributed by atoms with van der Waals surface area (Å²) in [5.74, 6) is 0.853. The van der Waals surface area contributed by atoms with Crippen molar-refractivity contribution in [1.82, 2.24) is 9.88 Å². The van der Waals surface area contributed by atoms with Gasteiger partial charge in [0.2, 0.25) is 0 Å². The Morgan fingerprint density at radius 2 is 1.81 bits per heavy atom. The van der Waals surface area contributed by atoms with E-state index in [0.29, 0.717) is 29.5 Å². The van der Waals surface area contributed by atoms with Gasteiger partial charge in [0, 0.05) is 42.6 Å². The molecule has 0 spiro atoms. The van der Waals surface area contributed by atoms with Gasteiger partial charge >= 0.3 is 6.03 Å². The van der Waals surface area contributed by atoms with E-state index in [1.54, 1.807) is 35.6 Å². The number of anilines is 3. The molecule has 3 aromatic carbocycles. The van der Waals surface area contributed by atoms with E-state index in [-0.39, 0.29) is 6.03 Å². The van der Waals surface area contributed by atoms with Crippen molar-refractivity contribution in [2.45, 2.75) is 6.54 Å². The summed E-state index contributed by atoms with van der Waals surface area (Å²) < 4.78 is 12.4. The largest absolute Gasteiger partial charge is 0.492 e. The van der Waals surface area contributed by atoms with Crippen molar-refractivity contribution in [3.63, 3.8) is 0 Å². The van der Waals surface area contributed by atoms with E-state index in [0.717, 1.165) is 59.5 Å². The van der Waals surface area contributed by atoms with Crippen LogP contribution in [0.5, 0.6) is 5.75 Å². The van der Waals surface area contributed by atoms with Crippen LogP contribution in [0.2, 0.25) is 5.02 Å². The van der Waals surface area contributed by atoms with Crippen LogP contribution in [0.25, 0.3) is 10.2 Å². The van der Waals surface area contributed by atoms with Crippen LogP contribution in [0.4, 0.5) is 21.3 Å². The maximum Gasteiger partial charge on any atom is 0.323 e. The number of hydrogen-bond acceptors (Lipinski definition) is 7. The highest BCUT2D eigenvalue weighted by Crippen LogP contribution is 2.29. The van der Waals surface area contributed by atoms with E-state index in [9.17, 15) is 4.79 Å². The first-order valence-electron chi connectivity index (χ1n) is 12.1. The van der Waals surface area contributed by atoms with Crippen molar-refractivity contribution < 1.29 is 14.3 Å². The lowest BCUT2D eigenvalue weighted by Crippen LogP contribution is -2.38. The van der Waals surface area contributed by atoms with E-state index in [1.807, 2.05) is 42.5 Å². The fraction of sp³-hybridized carbons (Fsp3) is 0.259. The molecule has 0 saturated carbocycles. The van der Waals surface area contributed by atoms with Gasteiger partial charge in [-0.1, -0.05) is 41.1 Å². The molecule has 192 valence electrons. The minimum absolute atomic E-state index is 0.332. The molecule has 37 heavy (non-hydrogen) atoms. The summed E-state index contributed by atoms with van der Waals surface area (Å²) in [4.78, 5) is 19.4. The molecule has 4 aromatic rings. The lowest BCUT2D eigenvalue weighted by Gasteiger charge is -2.26. The molecule has 1 saturated heterocycles. The Bertz CT molecular complexity index is 1360. The molecular weight excluding hydrogens is 510 g/mol. The molecule has 0 aliphatic carbocycles. The molecule has 0 bridgehead atoms. The van der Waals surface area contributed by atoms with Crippen molar-refractivity contribution in [3.8, 4) is 5.75 Å². The van der Waals surface area contributed by atoms with Crippen LogP contribution < -0.4 is 20.7 Å². The van der Waals surface area contributed by atoms with Gasteiger partial charge in [0.1, 0.15) is 12.4 Å². The number of benzene rings is 3. The number of carbonyl (C=O) groups excluding carboxylic acids is 1. The molecule has 3 N–H and O–H groups in total. The molecule has 1 aliphatic rings. The fourth-order valence-electron chi connectivity index (χ4n) is 3.98. The number of aromatic nitrogens is 1. The minimum Gasteiger partial charge on any atom is -0.492 e. The van der Waals surface area contributed by atoms with E-state index >= 15 is 0 Å². The fourth-order valence-corrected chi connectivity index (χ4v) is 5.06. The summed E-state index contributed by atoms with van der Waals surface area (Å²) in [5.41, 5.74) is 3.28. The normalized spacial score (nSPS) is 13.9. The zero-order valence-electron chi connectivity index (χ0n) is 20.2. The van der Waals surface area contributed by atoms with Gasteiger partial charge < -0.3 is 25.4 Å². The Morgan fingerprint density at radius 3 is 2.62 bits per heavy atom. The van der Waals surface area contributed by atoms with Gasteiger partial charge in [-0.3, -0.25) is 4.90 Å². The number of nitrogens with zero attached hydrogens (tertiary/aromatic N) is 2. The summed E-state index contributed by atoms with van der Waals surface area (Å²) in [5, 5.41) is 10.4. The molecule has 0 radical (unpaired) electrons. The Kier molecular flexibility index (Phi) is 8.37. The Hall–Kier alpha value is -3.37. The second-order valence-corrected chi connectivity index (χ2v) is 10.1. The standard InChI is InChI=1S/C27H28ClN5O3S/c28-20-4-2-6-22(16-20)31-26(34)30-21-5-1-3-19(15-21)18-29-27-32-24-8-7-23(17-25(24)37-27)36-14-11-33-9-12-35-13-10-33/h1-8,15-17H,9-14,18H2,(H,29,32)(H2,30,31,34). The molecule has 1 aliphatic heterocycles. The van der Waals surface area contributed by atoms with Crippen molar-refractivity contribution in [2.75, 3.05) is 55.4 Å². The van der Waals surface area contributed by atoms with E-state index < -0.39 is 0 Å². The number of amides is 2. The number of rotatable bonds is 9. The number of hydrogen-bond donors (Lipinski definition) is 3. The van der Waals surface area contributed by atoms with Gasteiger partial charge in [0.05, 0.1) is 23.4 Å². The molecule has 0 atom stereocenters. The van der Waals surface area contributed by atoms with Crippen LogP contribution >= 0.6 is 22.9 Å². The van der Waals surface area contributed by atoms with E-state index in [1.165, 1.54) is 0 Å². The number of halogens is 1. The summed E-state index contributed by atoms with van der Waals surface area (Å²) in [6.45, 7) is 5.63. The average Bonchev–Trinajstić information content (AvgIpc) is 3.31. The number of thiazole rings is 1. The van der Waals surface area contributed by atoms with Gasteiger partial charge in [0.15, 0.2) is 5.13 Å². The molecule has 2 heterocycles. The summed E-state index contributed by atoms with van der Waals surface area (Å²) in [6, 6.07) is 20.4. The Balaban J connectivity index is 1.13. The van der Waals surface area contributed by atoms with Crippen molar-refractivity contribution in [3.05, 3.63) is 77.3 Å². The molecule has 1 aromatic heterocycles. The van der Waals surface area contributed by atoms with Crippen LogP contribution in [0.3, 0.4) is 0 Å². The summed E-state index contributed by atoms with van der Waals surface area (Å²) >= 11 is 7.57. The summed E-state index contributed by atoms with van der Waals surface area (Å²) in [7, 11) is 0. The van der Waals surface area contributed by atoms with Crippen LogP contribution in [0.1, 0.15) is 5.56 Å². The molecule has 1 fully saturated rings. The molecular formula is C27H28ClN5O3S. The maximum atomic E-state index is 12.4. The van der Waals surface area contributed by atoms with Crippen LogP contribution in [0, 0.1) is 0 Å². The highest BCUT2D eigenvalue weighted by atomic mass is 35.5. The highest BCUT2D eigenvalue weighted by Gasteiger charge is 2.11. The lowest BCUT2D eigenvalue weighted by atomic mass is 10.2. The average molecular weight is 538 g/mol. The van der Waals surface area contributed by atoms with Crippen LogP contribution in [0.15, 0.2) is 66.7 Å². The lowest BCUT2D eigenvalue weighted by molar-refractivity contribution is 0.0322. The van der Waals surface area contributed by atoms with E-state index in [4.69, 9.17) is 21.1 Å². The zero-order valence-corrected chi connectivity index (χ0v) is 21.8. The summed E-state index contributed by atoms with van der Waals surface area (Å²) in [6.07, 6.45) is 0. The Labute approximate surface area is 224 Å².